The Labute approximate surface area is 118 Å². The lowest BCUT2D eigenvalue weighted by atomic mass is 10.1. The van der Waals surface area contributed by atoms with Crippen molar-refractivity contribution in [2.45, 2.75) is 46.6 Å². The molecule has 1 aromatic rings. The zero-order valence-corrected chi connectivity index (χ0v) is 12.6. The van der Waals surface area contributed by atoms with Crippen molar-refractivity contribution in [3.8, 4) is 0 Å². The van der Waals surface area contributed by atoms with E-state index in [-0.39, 0.29) is 6.10 Å². The molecular weight excluding hydrogens is 232 g/mol. The molecule has 0 unspecified atom stereocenters. The average molecular weight is 258 g/mol. The summed E-state index contributed by atoms with van der Waals surface area (Å²) >= 11 is 0. The molecule has 0 aliphatic heterocycles. The Hall–Kier alpha value is -1.34. The predicted molar refractivity (Wildman–Crippen MR) is 83.2 cm³/mol. The maximum absolute atomic E-state index is 5.83. The normalized spacial score (nSPS) is 13.2. The summed E-state index contributed by atoms with van der Waals surface area (Å²) in [7, 11) is 0. The third-order valence-electron chi connectivity index (χ3n) is 3.14. The van der Waals surface area contributed by atoms with E-state index >= 15 is 0 Å². The van der Waals surface area contributed by atoms with Crippen LogP contribution in [0, 0.1) is 0 Å². The first kappa shape index (κ1) is 15.7. The summed E-state index contributed by atoms with van der Waals surface area (Å²) in [5.41, 5.74) is 4.03. The highest BCUT2D eigenvalue weighted by Crippen LogP contribution is 2.16. The molecule has 19 heavy (non-hydrogen) atoms. The summed E-state index contributed by atoms with van der Waals surface area (Å²) in [4.78, 5) is 0. The number of ether oxygens (including phenoxy) is 1. The van der Waals surface area contributed by atoms with Crippen LogP contribution in [0.15, 0.2) is 53.6 Å². The first-order valence-corrected chi connectivity index (χ1v) is 7.05. The van der Waals surface area contributed by atoms with Gasteiger partial charge in [0.15, 0.2) is 0 Å². The van der Waals surface area contributed by atoms with Gasteiger partial charge in [-0.1, -0.05) is 53.6 Å². The van der Waals surface area contributed by atoms with Crippen LogP contribution in [-0.2, 0) is 4.74 Å². The molecule has 1 rings (SSSR count). The molecule has 1 heteroatoms. The summed E-state index contributed by atoms with van der Waals surface area (Å²) < 4.78 is 5.83. The molecule has 1 nitrogen and oxygen atoms in total. The Morgan fingerprint density at radius 3 is 2.42 bits per heavy atom. The van der Waals surface area contributed by atoms with Crippen LogP contribution in [0.5, 0.6) is 0 Å². The zero-order valence-electron chi connectivity index (χ0n) is 12.6. The van der Waals surface area contributed by atoms with Gasteiger partial charge >= 0.3 is 0 Å². The van der Waals surface area contributed by atoms with Gasteiger partial charge in [-0.3, -0.25) is 0 Å². The highest BCUT2D eigenvalue weighted by molar-refractivity contribution is 5.16. The Balaban J connectivity index is 2.30. The fourth-order valence-corrected chi connectivity index (χ4v) is 1.85. The lowest BCUT2D eigenvalue weighted by molar-refractivity contribution is 0.0882. The van der Waals surface area contributed by atoms with E-state index in [0.29, 0.717) is 6.61 Å². The van der Waals surface area contributed by atoms with Crippen LogP contribution in [0.3, 0.4) is 0 Å². The van der Waals surface area contributed by atoms with Crippen LogP contribution in [0.4, 0.5) is 0 Å². The summed E-state index contributed by atoms with van der Waals surface area (Å²) in [6.45, 7) is 9.25. The van der Waals surface area contributed by atoms with E-state index in [4.69, 9.17) is 4.74 Å². The topological polar surface area (TPSA) is 9.23 Å². The van der Waals surface area contributed by atoms with Crippen LogP contribution in [0.2, 0.25) is 0 Å². The van der Waals surface area contributed by atoms with Crippen molar-refractivity contribution in [2.75, 3.05) is 6.61 Å². The maximum atomic E-state index is 5.83. The highest BCUT2D eigenvalue weighted by Gasteiger charge is 2.03. The van der Waals surface area contributed by atoms with Gasteiger partial charge in [0.05, 0.1) is 12.7 Å². The summed E-state index contributed by atoms with van der Waals surface area (Å²) in [6.07, 6.45) is 6.87. The van der Waals surface area contributed by atoms with Gasteiger partial charge < -0.3 is 4.74 Å². The van der Waals surface area contributed by atoms with Gasteiger partial charge in [0.2, 0.25) is 0 Å². The molecule has 0 saturated carbocycles. The Bertz CT molecular complexity index is 411. The number of hydrogen-bond donors (Lipinski definition) is 0. The lowest BCUT2D eigenvalue weighted by Crippen LogP contribution is -2.00. The van der Waals surface area contributed by atoms with E-state index in [0.717, 1.165) is 12.8 Å². The standard InChI is InChI=1S/C18H26O/c1-15(2)9-8-10-16(3)13-14-19-17(4)18-11-6-5-7-12-18/h5-7,9,11-13,17H,8,10,14H2,1-4H3/t17-/m1/s1. The predicted octanol–water partition coefficient (Wildman–Crippen LogP) is 5.46. The summed E-state index contributed by atoms with van der Waals surface area (Å²) in [5.74, 6) is 0. The van der Waals surface area contributed by atoms with Gasteiger partial charge in [0.25, 0.3) is 0 Å². The van der Waals surface area contributed by atoms with E-state index in [1.165, 1.54) is 16.7 Å². The molecule has 0 N–H and O–H groups in total. The van der Waals surface area contributed by atoms with E-state index in [1.807, 2.05) is 6.07 Å². The van der Waals surface area contributed by atoms with Crippen molar-refractivity contribution < 1.29 is 4.74 Å². The van der Waals surface area contributed by atoms with Gasteiger partial charge in [-0.15, -0.1) is 0 Å². The van der Waals surface area contributed by atoms with Crippen LogP contribution in [0.1, 0.15) is 52.2 Å². The van der Waals surface area contributed by atoms with Crippen molar-refractivity contribution in [3.63, 3.8) is 0 Å². The van der Waals surface area contributed by atoms with Crippen molar-refractivity contribution in [1.82, 2.24) is 0 Å². The van der Waals surface area contributed by atoms with E-state index in [2.05, 4.69) is 64.1 Å². The number of hydrogen-bond acceptors (Lipinski definition) is 1. The van der Waals surface area contributed by atoms with Gasteiger partial charge in [0.1, 0.15) is 0 Å². The summed E-state index contributed by atoms with van der Waals surface area (Å²) in [5, 5.41) is 0. The second-order valence-corrected chi connectivity index (χ2v) is 5.26. The number of rotatable bonds is 7. The minimum Gasteiger partial charge on any atom is -0.370 e. The van der Waals surface area contributed by atoms with Gasteiger partial charge in [-0.25, -0.2) is 0 Å². The van der Waals surface area contributed by atoms with E-state index in [9.17, 15) is 0 Å². The second kappa shape index (κ2) is 8.71. The Kier molecular flexibility index (Phi) is 7.20. The molecule has 0 heterocycles. The largest absolute Gasteiger partial charge is 0.370 e. The van der Waals surface area contributed by atoms with E-state index < -0.39 is 0 Å². The van der Waals surface area contributed by atoms with Crippen LogP contribution in [0.25, 0.3) is 0 Å². The minimum atomic E-state index is 0.156. The van der Waals surface area contributed by atoms with Crippen LogP contribution >= 0.6 is 0 Å². The fourth-order valence-electron chi connectivity index (χ4n) is 1.85. The Morgan fingerprint density at radius 2 is 1.79 bits per heavy atom. The first-order chi connectivity index (χ1) is 9.09. The Morgan fingerprint density at radius 1 is 1.11 bits per heavy atom. The zero-order chi connectivity index (χ0) is 14.1. The molecule has 1 atom stereocenters. The van der Waals surface area contributed by atoms with Crippen molar-refractivity contribution >= 4 is 0 Å². The third kappa shape index (κ3) is 6.97. The smallest absolute Gasteiger partial charge is 0.0801 e. The number of allylic oxidation sites excluding steroid dienone is 3. The lowest BCUT2D eigenvalue weighted by Gasteiger charge is -2.12. The quantitative estimate of drug-likeness (QED) is 0.590. The van der Waals surface area contributed by atoms with Gasteiger partial charge in [-0.2, -0.15) is 0 Å². The average Bonchev–Trinajstić information content (AvgIpc) is 2.39. The molecule has 1 aromatic carbocycles. The first-order valence-electron chi connectivity index (χ1n) is 7.05. The molecule has 0 aromatic heterocycles. The molecule has 0 aliphatic rings. The fraction of sp³-hybridized carbons (Fsp3) is 0.444. The van der Waals surface area contributed by atoms with Crippen LogP contribution in [-0.4, -0.2) is 6.61 Å². The van der Waals surface area contributed by atoms with Crippen LogP contribution < -0.4 is 0 Å². The van der Waals surface area contributed by atoms with Crippen molar-refractivity contribution in [1.29, 1.82) is 0 Å². The SMILES string of the molecule is CC(C)=CCCC(C)=CCO[C@H](C)c1ccccc1. The summed E-state index contributed by atoms with van der Waals surface area (Å²) in [6, 6.07) is 10.3. The van der Waals surface area contributed by atoms with Gasteiger partial charge in [-0.05, 0) is 46.1 Å². The molecule has 0 bridgehead atoms. The maximum Gasteiger partial charge on any atom is 0.0801 e. The highest BCUT2D eigenvalue weighted by atomic mass is 16.5. The molecule has 104 valence electrons. The monoisotopic (exact) mass is 258 g/mol. The molecule has 0 saturated heterocycles. The number of benzene rings is 1. The third-order valence-corrected chi connectivity index (χ3v) is 3.14. The molecule has 0 fully saturated rings. The van der Waals surface area contributed by atoms with Crippen molar-refractivity contribution in [2.24, 2.45) is 0 Å². The molecule has 0 aliphatic carbocycles. The van der Waals surface area contributed by atoms with Gasteiger partial charge in [0, 0.05) is 0 Å². The molecule has 0 radical (unpaired) electrons. The van der Waals surface area contributed by atoms with E-state index in [1.54, 1.807) is 0 Å². The molecular formula is C18H26O. The molecule has 0 amide bonds. The van der Waals surface area contributed by atoms with Crippen molar-refractivity contribution in [3.05, 3.63) is 59.2 Å². The molecule has 0 spiro atoms. The minimum absolute atomic E-state index is 0.156. The second-order valence-electron chi connectivity index (χ2n) is 5.26.